The van der Waals surface area contributed by atoms with Gasteiger partial charge in [0, 0.05) is 13.0 Å². The number of guanidine groups is 1. The second-order valence-electron chi connectivity index (χ2n) is 10.6. The summed E-state index contributed by atoms with van der Waals surface area (Å²) >= 11 is 0. The molecule has 0 unspecified atom stereocenters. The topological polar surface area (TPSA) is 195 Å². The first kappa shape index (κ1) is 29.6. The Bertz CT molecular complexity index is 893. The summed E-state index contributed by atoms with van der Waals surface area (Å²) in [6.07, 6.45) is -0.569. The van der Waals surface area contributed by atoms with Crippen LogP contribution in [0.4, 0.5) is 14.4 Å². The van der Waals surface area contributed by atoms with Crippen molar-refractivity contribution in [1.29, 1.82) is 5.41 Å². The van der Waals surface area contributed by atoms with Gasteiger partial charge in [0.25, 0.3) is 5.96 Å². The number of ether oxygens (including phenoxy) is 2. The van der Waals surface area contributed by atoms with Crippen LogP contribution >= 0.6 is 0 Å². The van der Waals surface area contributed by atoms with Crippen LogP contribution in [0.1, 0.15) is 67.2 Å². The van der Waals surface area contributed by atoms with Gasteiger partial charge in [-0.2, -0.15) is 0 Å². The fraction of sp³-hybridized carbons (Fsp3) is 0.727. The number of piperidine rings is 1. The quantitative estimate of drug-likeness (QED) is 0.113. The second kappa shape index (κ2) is 12.1. The van der Waals surface area contributed by atoms with Crippen molar-refractivity contribution in [2.24, 2.45) is 5.16 Å². The van der Waals surface area contributed by atoms with Crippen molar-refractivity contribution in [3.05, 3.63) is 0 Å². The zero-order chi connectivity index (χ0) is 28.0. The van der Waals surface area contributed by atoms with Gasteiger partial charge in [-0.15, -0.1) is 0 Å². The summed E-state index contributed by atoms with van der Waals surface area (Å²) in [6.45, 7) is 10.3. The minimum absolute atomic E-state index is 0.0123. The van der Waals surface area contributed by atoms with Crippen molar-refractivity contribution in [2.75, 3.05) is 13.2 Å². The lowest BCUT2D eigenvalue weighted by molar-refractivity contribution is -0.120. The Labute approximate surface area is 215 Å². The van der Waals surface area contributed by atoms with Crippen molar-refractivity contribution >= 4 is 35.9 Å². The highest BCUT2D eigenvalue weighted by Crippen LogP contribution is 2.28. The number of amidine groups is 1. The van der Waals surface area contributed by atoms with Crippen molar-refractivity contribution in [3.63, 3.8) is 0 Å². The number of amides is 5. The maximum absolute atomic E-state index is 12.2. The zero-order valence-electron chi connectivity index (χ0n) is 22.0. The van der Waals surface area contributed by atoms with E-state index in [1.54, 1.807) is 41.5 Å². The number of alkyl carbamates (subject to hydrolysis) is 2. The van der Waals surface area contributed by atoms with E-state index in [1.165, 1.54) is 4.90 Å². The Balaban J connectivity index is 1.82. The minimum atomic E-state index is -0.876. The molecule has 2 aliphatic rings. The van der Waals surface area contributed by atoms with Gasteiger partial charge in [0.1, 0.15) is 23.6 Å². The largest absolute Gasteiger partial charge is 0.444 e. The molecule has 0 aromatic carbocycles. The Kier molecular flexibility index (Phi) is 9.67. The highest BCUT2D eigenvalue weighted by Gasteiger charge is 2.45. The van der Waals surface area contributed by atoms with Gasteiger partial charge in [-0.05, 0) is 66.0 Å². The van der Waals surface area contributed by atoms with Gasteiger partial charge in [-0.1, -0.05) is 0 Å². The number of hydrogen-bond donors (Lipinski definition) is 5. The summed E-state index contributed by atoms with van der Waals surface area (Å²) in [6, 6.07) is -1.47. The maximum atomic E-state index is 12.2. The molecule has 37 heavy (non-hydrogen) atoms. The summed E-state index contributed by atoms with van der Waals surface area (Å²) in [7, 11) is 0. The highest BCUT2D eigenvalue weighted by molar-refractivity contribution is 6.01. The molecule has 2 fully saturated rings. The normalized spacial score (nSPS) is 19.1. The van der Waals surface area contributed by atoms with E-state index in [1.807, 2.05) is 0 Å². The fourth-order valence-corrected chi connectivity index (χ4v) is 3.53. The Morgan fingerprint density at radius 3 is 2.14 bits per heavy atom. The maximum Gasteiger partial charge on any atom is 0.414 e. The fourth-order valence-electron chi connectivity index (χ4n) is 3.53. The molecule has 0 aromatic heterocycles. The summed E-state index contributed by atoms with van der Waals surface area (Å²) < 4.78 is 10.3. The van der Waals surface area contributed by atoms with E-state index in [0.717, 1.165) is 0 Å². The molecule has 208 valence electrons. The van der Waals surface area contributed by atoms with Crippen LogP contribution in [0.2, 0.25) is 0 Å². The van der Waals surface area contributed by atoms with Crippen LogP contribution in [0, 0.1) is 5.41 Å². The molecule has 0 aliphatic carbocycles. The third-order valence-electron chi connectivity index (χ3n) is 4.99. The molecule has 0 radical (unpaired) electrons. The lowest BCUT2D eigenvalue weighted by atomic mass is 10.00. The van der Waals surface area contributed by atoms with E-state index in [4.69, 9.17) is 19.7 Å². The van der Waals surface area contributed by atoms with Crippen LogP contribution in [0.5, 0.6) is 0 Å². The first-order valence-corrected chi connectivity index (χ1v) is 11.9. The number of nitrogens with zero attached hydrogens (tertiary/aromatic N) is 3. The molecule has 0 spiro atoms. The van der Waals surface area contributed by atoms with Crippen molar-refractivity contribution < 1.29 is 38.7 Å². The molecule has 2 atom stereocenters. The third-order valence-corrected chi connectivity index (χ3v) is 4.99. The average Bonchev–Trinajstić information content (AvgIpc) is 2.94. The average molecular weight is 528 g/mol. The first-order valence-electron chi connectivity index (χ1n) is 11.9. The van der Waals surface area contributed by atoms with Crippen LogP contribution in [-0.2, 0) is 19.1 Å². The van der Waals surface area contributed by atoms with Gasteiger partial charge in [0.05, 0.1) is 12.1 Å². The van der Waals surface area contributed by atoms with Crippen molar-refractivity contribution in [1.82, 2.24) is 25.9 Å². The van der Waals surface area contributed by atoms with E-state index in [0.29, 0.717) is 24.4 Å². The van der Waals surface area contributed by atoms with Crippen LogP contribution in [0.3, 0.4) is 0 Å². The number of rotatable bonds is 6. The molecule has 5 amide bonds. The number of nitrogens with one attached hydrogen (secondary N) is 4. The molecule has 2 heterocycles. The lowest BCUT2D eigenvalue weighted by Gasteiger charge is -2.30. The SMILES string of the molecule is CC(C)(C)OC(=O)NC(=NOCCCC(=O)NC(=N)[C@@H]1CC[C@@H]2CN1C(=O)N2O)NC(=O)OC(C)(C)C. The Hall–Kier alpha value is -3.62. The summed E-state index contributed by atoms with van der Waals surface area (Å²) in [5, 5.41) is 29.3. The number of carbonyl (C=O) groups excluding carboxylic acids is 4. The molecule has 2 aliphatic heterocycles. The van der Waals surface area contributed by atoms with E-state index in [-0.39, 0.29) is 37.3 Å². The van der Waals surface area contributed by atoms with Gasteiger partial charge in [0.15, 0.2) is 0 Å². The Morgan fingerprint density at radius 2 is 1.59 bits per heavy atom. The van der Waals surface area contributed by atoms with E-state index >= 15 is 0 Å². The summed E-state index contributed by atoms with van der Waals surface area (Å²) in [5.41, 5.74) is -1.58. The van der Waals surface area contributed by atoms with Crippen LogP contribution in [-0.4, -0.2) is 87.5 Å². The van der Waals surface area contributed by atoms with Gasteiger partial charge >= 0.3 is 18.2 Å². The summed E-state index contributed by atoms with van der Waals surface area (Å²) in [5.74, 6) is -0.929. The molecule has 2 rings (SSSR count). The molecular formula is C22H37N7O8. The van der Waals surface area contributed by atoms with E-state index in [9.17, 15) is 24.4 Å². The molecule has 0 aromatic rings. The van der Waals surface area contributed by atoms with Crippen LogP contribution in [0.25, 0.3) is 0 Å². The monoisotopic (exact) mass is 527 g/mol. The van der Waals surface area contributed by atoms with Crippen LogP contribution < -0.4 is 16.0 Å². The molecule has 0 saturated carbocycles. The molecule has 2 saturated heterocycles. The number of hydrogen-bond acceptors (Lipinski definition) is 10. The second-order valence-corrected chi connectivity index (χ2v) is 10.6. The van der Waals surface area contributed by atoms with Gasteiger partial charge in [0.2, 0.25) is 5.91 Å². The van der Waals surface area contributed by atoms with Gasteiger partial charge in [-0.25, -0.2) is 19.4 Å². The molecule has 15 heteroatoms. The van der Waals surface area contributed by atoms with E-state index in [2.05, 4.69) is 21.1 Å². The van der Waals surface area contributed by atoms with Crippen molar-refractivity contribution in [2.45, 2.75) is 90.5 Å². The Morgan fingerprint density at radius 1 is 1.03 bits per heavy atom. The zero-order valence-corrected chi connectivity index (χ0v) is 22.0. The standard InChI is InChI=1S/C22H37N7O8/c1-21(2,3)36-18(31)25-17(26-19(32)37-22(4,5)6)27-35-11-7-8-15(30)24-16(23)14-10-9-13-12-28(14)20(33)29(13)34/h13-14,34H,7-12H2,1-6H3,(H2,23,24,30)(H2,25,26,27,31,32)/t13-,14+/m1/s1. The minimum Gasteiger partial charge on any atom is -0.444 e. The number of fused-ring (bicyclic) bond motifs is 2. The smallest absolute Gasteiger partial charge is 0.414 e. The highest BCUT2D eigenvalue weighted by atomic mass is 16.6. The number of carbonyl (C=O) groups is 4. The number of urea groups is 1. The van der Waals surface area contributed by atoms with E-state index < -0.39 is 41.4 Å². The van der Waals surface area contributed by atoms with Crippen LogP contribution in [0.15, 0.2) is 5.16 Å². The first-order chi connectivity index (χ1) is 17.1. The van der Waals surface area contributed by atoms with Gasteiger partial charge < -0.3 is 24.5 Å². The third kappa shape index (κ3) is 9.74. The number of hydroxylamine groups is 2. The van der Waals surface area contributed by atoms with Crippen molar-refractivity contribution in [3.8, 4) is 0 Å². The predicted molar refractivity (Wildman–Crippen MR) is 130 cm³/mol. The molecule has 5 N–H and O–H groups in total. The predicted octanol–water partition coefficient (Wildman–Crippen LogP) is 1.85. The lowest BCUT2D eigenvalue weighted by Crippen LogP contribution is -2.50. The molecule has 2 bridgehead atoms. The molecular weight excluding hydrogens is 490 g/mol. The summed E-state index contributed by atoms with van der Waals surface area (Å²) in [4.78, 5) is 54.9. The molecule has 15 nitrogen and oxygen atoms in total. The van der Waals surface area contributed by atoms with Gasteiger partial charge in [-0.3, -0.25) is 26.0 Å². The number of oxime groups is 1.